The molecular formula is C10H12BF5O5. The summed E-state index contributed by atoms with van der Waals surface area (Å²) in [5, 5.41) is 16.3. The molecule has 0 spiro atoms. The second-order valence-electron chi connectivity index (χ2n) is 3.33. The van der Waals surface area contributed by atoms with E-state index >= 15 is 0 Å². The van der Waals surface area contributed by atoms with Crippen molar-refractivity contribution in [3.63, 3.8) is 0 Å². The Kier molecular flexibility index (Phi) is 8.86. The first-order valence-corrected chi connectivity index (χ1v) is 5.29. The fraction of sp³-hybridized carbons (Fsp3) is 0.400. The fourth-order valence-electron chi connectivity index (χ4n) is 0.960. The highest BCUT2D eigenvalue weighted by Crippen LogP contribution is 2.28. The van der Waals surface area contributed by atoms with Gasteiger partial charge in [-0.05, 0) is 0 Å². The van der Waals surface area contributed by atoms with Crippen molar-refractivity contribution in [3.05, 3.63) is 29.1 Å². The van der Waals surface area contributed by atoms with Gasteiger partial charge in [-0.25, -0.2) is 13.2 Å². The fourth-order valence-corrected chi connectivity index (χ4v) is 0.960. The van der Waals surface area contributed by atoms with Crippen molar-refractivity contribution >= 4 is 7.32 Å². The molecule has 0 amide bonds. The molecule has 120 valence electrons. The van der Waals surface area contributed by atoms with Crippen molar-refractivity contribution in [2.45, 2.75) is 0 Å². The van der Waals surface area contributed by atoms with Crippen molar-refractivity contribution < 1.29 is 46.1 Å². The summed E-state index contributed by atoms with van der Waals surface area (Å²) in [6, 6.07) is 0. The van der Waals surface area contributed by atoms with Gasteiger partial charge in [-0.1, -0.05) is 0 Å². The highest BCUT2D eigenvalue weighted by molar-refractivity contribution is 6.33. The zero-order chi connectivity index (χ0) is 16.6. The van der Waals surface area contributed by atoms with E-state index in [0.29, 0.717) is 13.2 Å². The highest BCUT2D eigenvalue weighted by Gasteiger charge is 2.29. The minimum Gasteiger partial charge on any atom is -0.507 e. The zero-order valence-corrected chi connectivity index (χ0v) is 11.0. The Bertz CT molecular complexity index is 427. The van der Waals surface area contributed by atoms with Crippen molar-refractivity contribution in [2.75, 3.05) is 27.4 Å². The molecule has 0 aliphatic heterocycles. The van der Waals surface area contributed by atoms with Crippen LogP contribution in [0, 0.1) is 29.1 Å². The van der Waals surface area contributed by atoms with Crippen LogP contribution in [-0.2, 0) is 9.47 Å². The largest absolute Gasteiger partial charge is 0.707 e. The monoisotopic (exact) mass is 318 g/mol. The molecule has 1 aromatic carbocycles. The molecular weight excluding hydrogens is 306 g/mol. The molecule has 5 nitrogen and oxygen atoms in total. The number of ether oxygens (including phenoxy) is 2. The van der Waals surface area contributed by atoms with Gasteiger partial charge in [-0.15, -0.1) is 0 Å². The van der Waals surface area contributed by atoms with Gasteiger partial charge in [0.05, 0.1) is 13.2 Å². The molecule has 11 heteroatoms. The third kappa shape index (κ3) is 5.83. The Labute approximate surface area is 117 Å². The van der Waals surface area contributed by atoms with Gasteiger partial charge in [0.1, 0.15) is 0 Å². The minimum atomic E-state index is -2.70. The molecule has 2 N–H and O–H groups in total. The Hall–Kier alpha value is -1.43. The van der Waals surface area contributed by atoms with Crippen molar-refractivity contribution in [2.24, 2.45) is 0 Å². The van der Waals surface area contributed by atoms with Crippen LogP contribution in [0.2, 0.25) is 0 Å². The summed E-state index contributed by atoms with van der Waals surface area (Å²) in [5.41, 5.74) is 0. The smallest absolute Gasteiger partial charge is 0.507 e. The average Bonchev–Trinajstić information content (AvgIpc) is 2.46. The summed E-state index contributed by atoms with van der Waals surface area (Å²) in [7, 11) is 0.608. The van der Waals surface area contributed by atoms with Crippen molar-refractivity contribution in [3.8, 4) is 5.75 Å². The first-order valence-electron chi connectivity index (χ1n) is 5.29. The SMILES string of the molecule is COCCOC.OB(O)Oc1c(F)c(F)c(F)c(F)c1F. The van der Waals surface area contributed by atoms with Crippen LogP contribution in [0.4, 0.5) is 22.0 Å². The molecule has 0 saturated heterocycles. The van der Waals surface area contributed by atoms with E-state index in [1.165, 1.54) is 0 Å². The number of halogens is 5. The van der Waals surface area contributed by atoms with Gasteiger partial charge in [0.25, 0.3) is 0 Å². The van der Waals surface area contributed by atoms with E-state index in [4.69, 9.17) is 10.0 Å². The predicted molar refractivity (Wildman–Crippen MR) is 60.8 cm³/mol. The molecule has 0 bridgehead atoms. The van der Waals surface area contributed by atoms with Crippen LogP contribution in [0.5, 0.6) is 5.75 Å². The van der Waals surface area contributed by atoms with Crippen LogP contribution in [0.3, 0.4) is 0 Å². The van der Waals surface area contributed by atoms with Gasteiger partial charge >= 0.3 is 7.32 Å². The van der Waals surface area contributed by atoms with Gasteiger partial charge in [-0.2, -0.15) is 8.78 Å². The lowest BCUT2D eigenvalue weighted by Crippen LogP contribution is -2.23. The van der Waals surface area contributed by atoms with Gasteiger partial charge in [-0.3, -0.25) is 0 Å². The average molecular weight is 318 g/mol. The van der Waals surface area contributed by atoms with E-state index in [9.17, 15) is 22.0 Å². The predicted octanol–water partition coefficient (Wildman–Crippen LogP) is 1.01. The van der Waals surface area contributed by atoms with Gasteiger partial charge in [0.15, 0.2) is 5.75 Å². The standard InChI is InChI=1S/C6H2BF5O3.C4H10O2/c8-1-2(9)4(11)6(15-7(13)14)5(12)3(1)10;1-5-3-4-6-2/h13-14H;3-4H2,1-2H3. The lowest BCUT2D eigenvalue weighted by Gasteiger charge is -2.08. The molecule has 0 saturated carbocycles. The Morgan fingerprint density at radius 3 is 1.38 bits per heavy atom. The number of hydrogen-bond donors (Lipinski definition) is 2. The molecule has 21 heavy (non-hydrogen) atoms. The zero-order valence-electron chi connectivity index (χ0n) is 11.0. The van der Waals surface area contributed by atoms with Crippen molar-refractivity contribution in [1.29, 1.82) is 0 Å². The maximum atomic E-state index is 12.7. The minimum absolute atomic E-state index is 0.691. The van der Waals surface area contributed by atoms with E-state index < -0.39 is 42.2 Å². The lowest BCUT2D eigenvalue weighted by atomic mass is 10.2. The molecule has 0 fully saturated rings. The molecule has 0 atom stereocenters. The highest BCUT2D eigenvalue weighted by atomic mass is 19.2. The molecule has 0 aromatic heterocycles. The summed E-state index contributed by atoms with van der Waals surface area (Å²) in [4.78, 5) is 0. The van der Waals surface area contributed by atoms with Gasteiger partial charge in [0, 0.05) is 14.2 Å². The number of rotatable bonds is 5. The number of benzene rings is 1. The second kappa shape index (κ2) is 9.50. The van der Waals surface area contributed by atoms with E-state index in [1.54, 1.807) is 14.2 Å². The quantitative estimate of drug-likeness (QED) is 0.279. The Morgan fingerprint density at radius 1 is 0.762 bits per heavy atom. The van der Waals surface area contributed by atoms with Crippen LogP contribution in [0.15, 0.2) is 0 Å². The summed E-state index contributed by atoms with van der Waals surface area (Å²) >= 11 is 0. The Morgan fingerprint density at radius 2 is 1.10 bits per heavy atom. The lowest BCUT2D eigenvalue weighted by molar-refractivity contribution is 0.103. The van der Waals surface area contributed by atoms with Crippen LogP contribution >= 0.6 is 0 Å². The van der Waals surface area contributed by atoms with E-state index in [2.05, 4.69) is 14.1 Å². The summed E-state index contributed by atoms with van der Waals surface area (Å²) in [6.45, 7) is 1.38. The molecule has 0 aliphatic rings. The summed E-state index contributed by atoms with van der Waals surface area (Å²) < 4.78 is 75.6. The molecule has 1 rings (SSSR count). The van der Waals surface area contributed by atoms with Crippen LogP contribution in [0.25, 0.3) is 0 Å². The third-order valence-corrected chi connectivity index (χ3v) is 1.88. The molecule has 0 unspecified atom stereocenters. The van der Waals surface area contributed by atoms with E-state index in [0.717, 1.165) is 0 Å². The van der Waals surface area contributed by atoms with Gasteiger partial charge in [0.2, 0.25) is 29.1 Å². The molecule has 0 radical (unpaired) electrons. The van der Waals surface area contributed by atoms with Crippen LogP contribution in [-0.4, -0.2) is 44.8 Å². The molecule has 1 aromatic rings. The Balaban J connectivity index is 0.000000567. The normalized spacial score (nSPS) is 9.95. The van der Waals surface area contributed by atoms with Crippen LogP contribution < -0.4 is 4.65 Å². The maximum Gasteiger partial charge on any atom is 0.707 e. The summed E-state index contributed by atoms with van der Waals surface area (Å²) in [5.74, 6) is -13.1. The first-order chi connectivity index (χ1) is 9.77. The number of methoxy groups -OCH3 is 2. The van der Waals surface area contributed by atoms with E-state index in [-0.39, 0.29) is 0 Å². The van der Waals surface area contributed by atoms with Crippen molar-refractivity contribution in [1.82, 2.24) is 0 Å². The molecule has 0 aliphatic carbocycles. The summed E-state index contributed by atoms with van der Waals surface area (Å²) in [6.07, 6.45) is 0. The van der Waals surface area contributed by atoms with E-state index in [1.807, 2.05) is 0 Å². The van der Waals surface area contributed by atoms with Gasteiger partial charge < -0.3 is 24.2 Å². The first kappa shape index (κ1) is 19.6. The third-order valence-electron chi connectivity index (χ3n) is 1.88. The maximum absolute atomic E-state index is 12.7. The topological polar surface area (TPSA) is 68.2 Å². The second-order valence-corrected chi connectivity index (χ2v) is 3.33. The molecule has 0 heterocycles. The van der Waals surface area contributed by atoms with Crippen LogP contribution in [0.1, 0.15) is 0 Å². The number of hydrogen-bond acceptors (Lipinski definition) is 5.